The highest BCUT2D eigenvalue weighted by Gasteiger charge is 2.37. The fourth-order valence-electron chi connectivity index (χ4n) is 3.74. The lowest BCUT2D eigenvalue weighted by molar-refractivity contribution is -0.123. The van der Waals surface area contributed by atoms with Crippen molar-refractivity contribution in [2.24, 2.45) is 11.7 Å². The van der Waals surface area contributed by atoms with Crippen LogP contribution in [0.4, 0.5) is 4.79 Å². The molecule has 118 valence electrons. The van der Waals surface area contributed by atoms with Crippen molar-refractivity contribution < 1.29 is 9.59 Å². The second-order valence-electron chi connectivity index (χ2n) is 6.70. The molecule has 2 aliphatic heterocycles. The summed E-state index contributed by atoms with van der Waals surface area (Å²) in [5, 5.41) is 3.13. The molecule has 3 fully saturated rings. The van der Waals surface area contributed by atoms with Gasteiger partial charge in [0.2, 0.25) is 5.91 Å². The lowest BCUT2D eigenvalue weighted by atomic mass is 9.94. The number of nitrogens with zero attached hydrogens (tertiary/aromatic N) is 2. The Morgan fingerprint density at radius 2 is 1.62 bits per heavy atom. The van der Waals surface area contributed by atoms with Crippen LogP contribution in [0.2, 0.25) is 0 Å². The number of piperidine rings is 1. The summed E-state index contributed by atoms with van der Waals surface area (Å²) in [4.78, 5) is 27.6. The molecule has 2 heterocycles. The summed E-state index contributed by atoms with van der Waals surface area (Å²) < 4.78 is 0. The molecule has 1 saturated carbocycles. The van der Waals surface area contributed by atoms with Crippen molar-refractivity contribution in [1.82, 2.24) is 15.1 Å². The molecule has 0 unspecified atom stereocenters. The molecule has 0 aromatic carbocycles. The standard InChI is InChI=1S/C15H26N4O2/c16-14(20)11-5-7-18(8-6-11)13-9-19(10-13)15(21)17-12-3-1-2-4-12/h11-13H,1-10H2,(H2,16,20)(H,17,21). The Morgan fingerprint density at radius 3 is 2.19 bits per heavy atom. The Labute approximate surface area is 126 Å². The second kappa shape index (κ2) is 6.22. The molecule has 3 aliphatic rings. The maximum atomic E-state index is 12.1. The van der Waals surface area contributed by atoms with Crippen molar-refractivity contribution in [2.45, 2.75) is 50.6 Å². The van der Waals surface area contributed by atoms with E-state index in [1.165, 1.54) is 12.8 Å². The molecule has 6 heteroatoms. The Kier molecular flexibility index (Phi) is 4.33. The molecular formula is C15H26N4O2. The van der Waals surface area contributed by atoms with Gasteiger partial charge in [-0.05, 0) is 38.8 Å². The van der Waals surface area contributed by atoms with Crippen molar-refractivity contribution in [2.75, 3.05) is 26.2 Å². The van der Waals surface area contributed by atoms with Gasteiger partial charge < -0.3 is 16.0 Å². The minimum absolute atomic E-state index is 0.0445. The zero-order valence-corrected chi connectivity index (χ0v) is 12.6. The zero-order valence-electron chi connectivity index (χ0n) is 12.6. The Balaban J connectivity index is 1.37. The minimum atomic E-state index is -0.166. The molecule has 3 amide bonds. The summed E-state index contributed by atoms with van der Waals surface area (Å²) in [6.45, 7) is 3.49. The van der Waals surface area contributed by atoms with Crippen LogP contribution in [0.15, 0.2) is 0 Å². The molecular weight excluding hydrogens is 268 g/mol. The smallest absolute Gasteiger partial charge is 0.317 e. The van der Waals surface area contributed by atoms with E-state index in [0.29, 0.717) is 12.1 Å². The van der Waals surface area contributed by atoms with Crippen LogP contribution in [0.5, 0.6) is 0 Å². The van der Waals surface area contributed by atoms with Crippen molar-refractivity contribution in [1.29, 1.82) is 0 Å². The predicted octanol–water partition coefficient (Wildman–Crippen LogP) is 0.520. The fraction of sp³-hybridized carbons (Fsp3) is 0.867. The van der Waals surface area contributed by atoms with Crippen LogP contribution in [-0.2, 0) is 4.79 Å². The number of likely N-dealkylation sites (tertiary alicyclic amines) is 2. The maximum Gasteiger partial charge on any atom is 0.317 e. The third-order valence-electron chi connectivity index (χ3n) is 5.28. The average molecular weight is 294 g/mol. The van der Waals surface area contributed by atoms with E-state index in [1.807, 2.05) is 4.90 Å². The van der Waals surface area contributed by atoms with Crippen molar-refractivity contribution in [3.63, 3.8) is 0 Å². The number of carbonyl (C=O) groups excluding carboxylic acids is 2. The van der Waals surface area contributed by atoms with E-state index in [1.54, 1.807) is 0 Å². The maximum absolute atomic E-state index is 12.1. The van der Waals surface area contributed by atoms with Gasteiger partial charge in [-0.15, -0.1) is 0 Å². The predicted molar refractivity (Wildman–Crippen MR) is 79.6 cm³/mol. The highest BCUT2D eigenvalue weighted by atomic mass is 16.2. The number of carbonyl (C=O) groups is 2. The molecule has 3 N–H and O–H groups in total. The molecule has 0 bridgehead atoms. The second-order valence-corrected chi connectivity index (χ2v) is 6.70. The van der Waals surface area contributed by atoms with Gasteiger partial charge in [0, 0.05) is 31.1 Å². The molecule has 3 rings (SSSR count). The zero-order chi connectivity index (χ0) is 14.8. The topological polar surface area (TPSA) is 78.7 Å². The summed E-state index contributed by atoms with van der Waals surface area (Å²) in [5.41, 5.74) is 5.36. The van der Waals surface area contributed by atoms with Crippen LogP contribution in [-0.4, -0.2) is 60.0 Å². The monoisotopic (exact) mass is 294 g/mol. The molecule has 6 nitrogen and oxygen atoms in total. The molecule has 0 aromatic heterocycles. The number of nitrogens with one attached hydrogen (secondary N) is 1. The largest absolute Gasteiger partial charge is 0.369 e. The number of urea groups is 1. The quantitative estimate of drug-likeness (QED) is 0.796. The van der Waals surface area contributed by atoms with Gasteiger partial charge in [0.15, 0.2) is 0 Å². The number of nitrogens with two attached hydrogens (primary N) is 1. The Hall–Kier alpha value is -1.30. The van der Waals surface area contributed by atoms with Gasteiger partial charge in [0.05, 0.1) is 0 Å². The van der Waals surface area contributed by atoms with E-state index < -0.39 is 0 Å². The summed E-state index contributed by atoms with van der Waals surface area (Å²) in [7, 11) is 0. The number of hydrogen-bond acceptors (Lipinski definition) is 3. The SMILES string of the molecule is NC(=O)C1CCN(C2CN(C(=O)NC3CCCC3)C2)CC1. The fourth-order valence-corrected chi connectivity index (χ4v) is 3.74. The first kappa shape index (κ1) is 14.6. The van der Waals surface area contributed by atoms with E-state index in [-0.39, 0.29) is 17.9 Å². The Bertz CT molecular complexity index is 394. The molecule has 21 heavy (non-hydrogen) atoms. The lowest BCUT2D eigenvalue weighted by Gasteiger charge is -2.47. The minimum Gasteiger partial charge on any atom is -0.369 e. The molecule has 0 spiro atoms. The normalized spacial score (nSPS) is 25.8. The van der Waals surface area contributed by atoms with Gasteiger partial charge in [-0.25, -0.2) is 4.79 Å². The molecule has 0 atom stereocenters. The van der Waals surface area contributed by atoms with Crippen LogP contribution in [0, 0.1) is 5.92 Å². The van der Waals surface area contributed by atoms with Gasteiger partial charge >= 0.3 is 6.03 Å². The number of hydrogen-bond donors (Lipinski definition) is 2. The van der Waals surface area contributed by atoms with Crippen molar-refractivity contribution in [3.8, 4) is 0 Å². The Morgan fingerprint density at radius 1 is 1.00 bits per heavy atom. The highest BCUT2D eigenvalue weighted by molar-refractivity contribution is 5.77. The van der Waals surface area contributed by atoms with Crippen molar-refractivity contribution >= 4 is 11.9 Å². The van der Waals surface area contributed by atoms with Crippen LogP contribution in [0.1, 0.15) is 38.5 Å². The van der Waals surface area contributed by atoms with E-state index in [9.17, 15) is 9.59 Å². The summed E-state index contributed by atoms with van der Waals surface area (Å²) in [5.74, 6) is -0.121. The highest BCUT2D eigenvalue weighted by Crippen LogP contribution is 2.24. The van der Waals surface area contributed by atoms with E-state index in [0.717, 1.165) is 51.9 Å². The molecule has 1 aliphatic carbocycles. The first-order valence-corrected chi connectivity index (χ1v) is 8.22. The summed E-state index contributed by atoms with van der Waals surface area (Å²) >= 11 is 0. The molecule has 0 radical (unpaired) electrons. The van der Waals surface area contributed by atoms with Crippen LogP contribution in [0.3, 0.4) is 0 Å². The summed E-state index contributed by atoms with van der Waals surface area (Å²) in [6, 6.07) is 0.959. The number of primary amides is 1. The lowest BCUT2D eigenvalue weighted by Crippen LogP contribution is -2.64. The summed E-state index contributed by atoms with van der Waals surface area (Å²) in [6.07, 6.45) is 6.46. The third-order valence-corrected chi connectivity index (χ3v) is 5.28. The first-order valence-electron chi connectivity index (χ1n) is 8.22. The van der Waals surface area contributed by atoms with Gasteiger partial charge in [-0.1, -0.05) is 12.8 Å². The van der Waals surface area contributed by atoms with Crippen molar-refractivity contribution in [3.05, 3.63) is 0 Å². The van der Waals surface area contributed by atoms with E-state index in [4.69, 9.17) is 5.73 Å². The van der Waals surface area contributed by atoms with E-state index >= 15 is 0 Å². The van der Waals surface area contributed by atoms with Gasteiger partial charge in [0.1, 0.15) is 0 Å². The van der Waals surface area contributed by atoms with Gasteiger partial charge in [-0.3, -0.25) is 9.69 Å². The molecule has 0 aromatic rings. The van der Waals surface area contributed by atoms with Gasteiger partial charge in [-0.2, -0.15) is 0 Å². The van der Waals surface area contributed by atoms with Crippen LogP contribution in [0.25, 0.3) is 0 Å². The van der Waals surface area contributed by atoms with Crippen LogP contribution >= 0.6 is 0 Å². The van der Waals surface area contributed by atoms with Crippen LogP contribution < -0.4 is 11.1 Å². The molecule has 2 saturated heterocycles. The third kappa shape index (κ3) is 3.31. The number of amides is 3. The van der Waals surface area contributed by atoms with E-state index in [2.05, 4.69) is 10.2 Å². The average Bonchev–Trinajstić information content (AvgIpc) is 2.90. The first-order chi connectivity index (χ1) is 10.1. The number of rotatable bonds is 3. The van der Waals surface area contributed by atoms with Gasteiger partial charge in [0.25, 0.3) is 0 Å².